The van der Waals surface area contributed by atoms with Crippen LogP contribution in [0.4, 0.5) is 0 Å². The van der Waals surface area contributed by atoms with E-state index in [0.717, 1.165) is 6.42 Å². The largest absolute Gasteiger partial charge is 0.113 e. The molecular formula is C74H56Si2. The highest BCUT2D eigenvalue weighted by molar-refractivity contribution is 7.02. The van der Waals surface area contributed by atoms with Crippen molar-refractivity contribution in [2.45, 2.75) is 38.5 Å². The van der Waals surface area contributed by atoms with Crippen LogP contribution in [0, 0.1) is 0 Å². The SMILES string of the molecule is C[Si](C)(c1ccc(-c2c3ccccc3c(-c3ccc([Si](C)(C)c4ccc5cc(-c6ccccc6)c6cccc7ccc4c5c76)cc3)c3ccccc23)cc1)c1ccc2c3c1C=CC1=CC=C(c4ccccc4)C(=CC2)C13. The highest BCUT2D eigenvalue weighted by atomic mass is 28.3. The molecule has 12 aromatic carbocycles. The maximum Gasteiger partial charge on any atom is 0.113 e. The fourth-order valence-electron chi connectivity index (χ4n) is 14.0. The lowest BCUT2D eigenvalue weighted by molar-refractivity contribution is 0.900. The van der Waals surface area contributed by atoms with Gasteiger partial charge in [0, 0.05) is 5.92 Å². The van der Waals surface area contributed by atoms with Crippen LogP contribution in [-0.2, 0) is 6.42 Å². The Kier molecular flexibility index (Phi) is 10.1. The zero-order valence-corrected chi connectivity index (χ0v) is 45.5. The van der Waals surface area contributed by atoms with Gasteiger partial charge in [-0.15, -0.1) is 0 Å². The average Bonchev–Trinajstić information content (AvgIpc) is 3.62. The molecule has 0 nitrogen and oxygen atoms in total. The maximum atomic E-state index is 2.55. The normalized spacial score (nSPS) is 15.1. The van der Waals surface area contributed by atoms with Gasteiger partial charge in [0.2, 0.25) is 0 Å². The Bertz CT molecular complexity index is 4430. The molecule has 3 aliphatic carbocycles. The second-order valence-corrected chi connectivity index (χ2v) is 31.3. The lowest BCUT2D eigenvalue weighted by Crippen LogP contribution is -2.54. The first kappa shape index (κ1) is 45.0. The van der Waals surface area contributed by atoms with Crippen molar-refractivity contribution in [1.82, 2.24) is 0 Å². The van der Waals surface area contributed by atoms with Crippen LogP contribution in [0.1, 0.15) is 28.2 Å². The number of hydrogen-bond donors (Lipinski definition) is 0. The van der Waals surface area contributed by atoms with E-state index >= 15 is 0 Å². The van der Waals surface area contributed by atoms with Crippen LogP contribution in [0.5, 0.6) is 0 Å². The first-order chi connectivity index (χ1) is 37.2. The standard InChI is InChI=1S/C74H56Si2/c1-75(2,67-44-34-53-31-41-63-57(47-16-7-5-8-17-47)40-30-52-33-43-64(67)73(53)72(52)63)55-36-26-50(27-37-55)69-58-21-11-13-23-60(58)70(61-24-14-12-22-59(61)69)51-28-38-56(39-29-51)76(3,4)68-45-35-54-46-66(48-18-9-6-10-19-48)62-25-15-20-49-32-42-65(68)74(54)71(49)62/h5-30,32-46,72H,31H2,1-4H3. The van der Waals surface area contributed by atoms with Gasteiger partial charge in [0.1, 0.15) is 16.1 Å². The smallest absolute Gasteiger partial charge is 0.0753 e. The van der Waals surface area contributed by atoms with Crippen molar-refractivity contribution < 1.29 is 0 Å². The Balaban J connectivity index is 0.782. The van der Waals surface area contributed by atoms with Crippen molar-refractivity contribution in [2.24, 2.45) is 0 Å². The van der Waals surface area contributed by atoms with Crippen LogP contribution < -0.4 is 20.7 Å². The summed E-state index contributed by atoms with van der Waals surface area (Å²) in [6, 6.07) is 83.3. The van der Waals surface area contributed by atoms with Gasteiger partial charge in [-0.1, -0.05) is 279 Å². The van der Waals surface area contributed by atoms with Crippen molar-refractivity contribution in [3.05, 3.63) is 276 Å². The summed E-state index contributed by atoms with van der Waals surface area (Å²) in [6.45, 7) is 10.2. The van der Waals surface area contributed by atoms with Gasteiger partial charge in [-0.2, -0.15) is 0 Å². The third-order valence-electron chi connectivity index (χ3n) is 17.9. The lowest BCUT2D eigenvalue weighted by Gasteiger charge is -2.38. The molecule has 0 heterocycles. The Labute approximate surface area is 447 Å². The highest BCUT2D eigenvalue weighted by Gasteiger charge is 2.38. The van der Waals surface area contributed by atoms with Gasteiger partial charge in [0.25, 0.3) is 0 Å². The van der Waals surface area contributed by atoms with E-state index in [9.17, 15) is 0 Å². The van der Waals surface area contributed by atoms with E-state index in [2.05, 4.69) is 275 Å². The Morgan fingerprint density at radius 3 is 1.57 bits per heavy atom. The molecule has 12 aromatic rings. The molecule has 0 radical (unpaired) electrons. The van der Waals surface area contributed by atoms with Gasteiger partial charge in [-0.3, -0.25) is 0 Å². The molecular weight excluding hydrogens is 945 g/mol. The molecule has 0 saturated heterocycles. The van der Waals surface area contributed by atoms with E-state index in [1.54, 1.807) is 0 Å². The van der Waals surface area contributed by atoms with Crippen LogP contribution in [0.15, 0.2) is 254 Å². The van der Waals surface area contributed by atoms with Crippen molar-refractivity contribution >= 4 is 102 Å². The average molecular weight is 1000 g/mol. The molecule has 1 unspecified atom stereocenters. The molecule has 0 fully saturated rings. The predicted molar refractivity (Wildman–Crippen MR) is 334 cm³/mol. The van der Waals surface area contributed by atoms with E-state index < -0.39 is 16.1 Å². The summed E-state index contributed by atoms with van der Waals surface area (Å²) in [7, 11) is -4.35. The molecule has 0 aliphatic heterocycles. The van der Waals surface area contributed by atoms with Crippen molar-refractivity contribution in [3.8, 4) is 33.4 Å². The van der Waals surface area contributed by atoms with Gasteiger partial charge < -0.3 is 0 Å². The van der Waals surface area contributed by atoms with Crippen molar-refractivity contribution in [3.63, 3.8) is 0 Å². The molecule has 76 heavy (non-hydrogen) atoms. The van der Waals surface area contributed by atoms with Crippen molar-refractivity contribution in [1.29, 1.82) is 0 Å². The molecule has 15 rings (SSSR count). The third kappa shape index (κ3) is 6.73. The van der Waals surface area contributed by atoms with Crippen LogP contribution >= 0.6 is 0 Å². The molecule has 0 amide bonds. The second-order valence-electron chi connectivity index (χ2n) is 22.6. The number of allylic oxidation sites excluding steroid dienone is 7. The molecule has 360 valence electrons. The van der Waals surface area contributed by atoms with E-state index in [1.165, 1.54) is 147 Å². The minimum atomic E-state index is -2.19. The van der Waals surface area contributed by atoms with Crippen LogP contribution in [0.2, 0.25) is 26.2 Å². The minimum absolute atomic E-state index is 0.285. The third-order valence-corrected chi connectivity index (χ3v) is 25.0. The molecule has 0 saturated carbocycles. The summed E-state index contributed by atoms with van der Waals surface area (Å²) in [4.78, 5) is 0. The van der Waals surface area contributed by atoms with Gasteiger partial charge in [0.05, 0.1) is 0 Å². The maximum absolute atomic E-state index is 2.55. The van der Waals surface area contributed by atoms with Crippen LogP contribution in [-0.4, -0.2) is 16.1 Å². The minimum Gasteiger partial charge on any atom is -0.0753 e. The zero-order valence-electron chi connectivity index (χ0n) is 43.5. The van der Waals surface area contributed by atoms with Gasteiger partial charge in [-0.05, 0) is 149 Å². The number of hydrogen-bond acceptors (Lipinski definition) is 0. The summed E-state index contributed by atoms with van der Waals surface area (Å²) >= 11 is 0. The predicted octanol–water partition coefficient (Wildman–Crippen LogP) is 17.2. The Morgan fingerprint density at radius 2 is 0.934 bits per heavy atom. The van der Waals surface area contributed by atoms with Gasteiger partial charge in [0.15, 0.2) is 0 Å². The Hall–Kier alpha value is -8.41. The topological polar surface area (TPSA) is 0 Å². The fraction of sp³-hybridized carbons (Fsp3) is 0.0811. The Morgan fingerprint density at radius 1 is 0.395 bits per heavy atom. The van der Waals surface area contributed by atoms with Crippen LogP contribution in [0.25, 0.3) is 98.9 Å². The fourth-order valence-corrected chi connectivity index (χ4v) is 19.4. The number of rotatable bonds is 8. The van der Waals surface area contributed by atoms with Crippen molar-refractivity contribution in [2.75, 3.05) is 0 Å². The summed E-state index contributed by atoms with van der Waals surface area (Å²) in [5.74, 6) is 0.285. The number of fused-ring (bicyclic) bond motifs is 2. The summed E-state index contributed by atoms with van der Waals surface area (Å²) in [5.41, 5.74) is 17.7. The molecule has 0 N–H and O–H groups in total. The van der Waals surface area contributed by atoms with E-state index in [-0.39, 0.29) is 5.92 Å². The molecule has 0 spiro atoms. The first-order valence-electron chi connectivity index (χ1n) is 27.2. The second kappa shape index (κ2) is 17.1. The van der Waals surface area contributed by atoms with Crippen LogP contribution in [0.3, 0.4) is 0 Å². The van der Waals surface area contributed by atoms with E-state index in [4.69, 9.17) is 0 Å². The summed E-state index contributed by atoms with van der Waals surface area (Å²) < 4.78 is 0. The molecule has 1 atom stereocenters. The van der Waals surface area contributed by atoms with E-state index in [1.807, 2.05) is 0 Å². The molecule has 0 bridgehead atoms. The quantitative estimate of drug-likeness (QED) is 0.0808. The monoisotopic (exact) mass is 1000 g/mol. The zero-order chi connectivity index (χ0) is 50.9. The highest BCUT2D eigenvalue weighted by Crippen LogP contribution is 2.51. The molecule has 0 aromatic heterocycles. The van der Waals surface area contributed by atoms with E-state index in [0.29, 0.717) is 0 Å². The summed E-state index contributed by atoms with van der Waals surface area (Å²) in [6.07, 6.45) is 13.0. The van der Waals surface area contributed by atoms with Gasteiger partial charge >= 0.3 is 0 Å². The first-order valence-corrected chi connectivity index (χ1v) is 33.2. The number of benzene rings is 12. The lowest BCUT2D eigenvalue weighted by atomic mass is 9.68. The summed E-state index contributed by atoms with van der Waals surface area (Å²) in [5, 5.41) is 19.2. The van der Waals surface area contributed by atoms with Gasteiger partial charge in [-0.25, -0.2) is 0 Å². The molecule has 3 aliphatic rings. The molecule has 2 heteroatoms.